The molecular weight excluding hydrogens is 1030 g/mol. The summed E-state index contributed by atoms with van der Waals surface area (Å²) in [7, 11) is 4.43. The van der Waals surface area contributed by atoms with Crippen molar-refractivity contribution in [3.63, 3.8) is 0 Å². The zero-order valence-electron chi connectivity index (χ0n) is 48.0. The Morgan fingerprint density at radius 2 is 1.62 bits per heavy atom. The van der Waals surface area contributed by atoms with Crippen molar-refractivity contribution in [3.8, 4) is 0 Å². The van der Waals surface area contributed by atoms with Crippen molar-refractivity contribution in [1.82, 2.24) is 24.8 Å². The number of aromatic nitrogens is 3. The van der Waals surface area contributed by atoms with Crippen LogP contribution in [-0.2, 0) is 58.9 Å². The summed E-state index contributed by atoms with van der Waals surface area (Å²) in [5.41, 5.74) is -3.56. The van der Waals surface area contributed by atoms with Crippen LogP contribution in [0.5, 0.6) is 0 Å². The molecule has 5 N–H and O–H groups in total. The van der Waals surface area contributed by atoms with Crippen LogP contribution in [0.4, 0.5) is 4.39 Å². The monoisotopic (exact) mass is 1120 g/mol. The van der Waals surface area contributed by atoms with Crippen LogP contribution in [0.1, 0.15) is 118 Å². The van der Waals surface area contributed by atoms with Gasteiger partial charge in [-0.1, -0.05) is 38.1 Å². The summed E-state index contributed by atoms with van der Waals surface area (Å²) in [6, 6.07) is 4.04. The number of aliphatic hydroxyl groups excluding tert-OH is 3. The molecule has 0 radical (unpaired) electrons. The number of hydrogen-bond acceptors (Lipinski definition) is 20. The number of nitrogens with zero attached hydrogens (tertiary/aromatic N) is 5. The second-order valence-corrected chi connectivity index (χ2v) is 25.0. The number of likely N-dealkylation sites (N-methyl/N-ethyl adjacent to an activating group) is 2. The van der Waals surface area contributed by atoms with E-state index in [9.17, 15) is 43.1 Å². The van der Waals surface area contributed by atoms with Gasteiger partial charge in [-0.25, -0.2) is 17.5 Å². The quantitative estimate of drug-likeness (QED) is 0.126. The topological polar surface area (TPSA) is 263 Å². The maximum atomic E-state index is 14.9. The molecule has 0 spiro atoms. The summed E-state index contributed by atoms with van der Waals surface area (Å²) in [4.78, 5) is 18.5. The molecular formula is C54H92FN5O16S. The fourth-order valence-electron chi connectivity index (χ4n) is 11.7. The molecule has 5 rings (SSSR count). The number of cyclic esters (lactones) is 1. The third kappa shape index (κ3) is 15.4. The molecule has 23 heteroatoms. The first-order valence-corrected chi connectivity index (χ1v) is 28.7. The zero-order valence-corrected chi connectivity index (χ0v) is 48.8. The van der Waals surface area contributed by atoms with Crippen LogP contribution < -0.4 is 0 Å². The summed E-state index contributed by atoms with van der Waals surface area (Å²) < 4.78 is 90.7. The van der Waals surface area contributed by atoms with Gasteiger partial charge in [-0.2, -0.15) is 0 Å². The minimum atomic E-state index is -3.59. The number of esters is 1. The van der Waals surface area contributed by atoms with Crippen LogP contribution in [0.15, 0.2) is 35.4 Å². The van der Waals surface area contributed by atoms with E-state index in [-0.39, 0.29) is 42.4 Å². The molecule has 442 valence electrons. The van der Waals surface area contributed by atoms with Gasteiger partial charge in [0.25, 0.3) is 0 Å². The number of benzene rings is 1. The normalized spacial score (nSPS) is 38.4. The highest BCUT2D eigenvalue weighted by Crippen LogP contribution is 2.41. The van der Waals surface area contributed by atoms with E-state index in [1.165, 1.54) is 45.1 Å². The number of alkyl halides is 1. The minimum Gasteiger partial charge on any atom is -0.459 e. The lowest BCUT2D eigenvalue weighted by atomic mass is 9.77. The van der Waals surface area contributed by atoms with E-state index in [0.29, 0.717) is 37.2 Å². The number of carbonyl (C=O) groups excluding carboxylic acids is 1. The first-order valence-electron chi connectivity index (χ1n) is 27.1. The zero-order chi connectivity index (χ0) is 57.5. The van der Waals surface area contributed by atoms with Crippen LogP contribution in [0, 0.1) is 17.8 Å². The van der Waals surface area contributed by atoms with E-state index in [1.807, 2.05) is 37.7 Å². The third-order valence-corrected chi connectivity index (χ3v) is 18.3. The number of aliphatic hydroxyl groups is 5. The van der Waals surface area contributed by atoms with E-state index < -0.39 is 137 Å². The fourth-order valence-corrected chi connectivity index (χ4v) is 12.9. The number of carbonyl (C=O) groups is 1. The molecule has 0 aliphatic carbocycles. The highest BCUT2D eigenvalue weighted by molar-refractivity contribution is 7.91. The average Bonchev–Trinajstić information content (AvgIpc) is 3.86. The van der Waals surface area contributed by atoms with Gasteiger partial charge in [-0.3, -0.25) is 4.79 Å². The molecule has 77 heavy (non-hydrogen) atoms. The summed E-state index contributed by atoms with van der Waals surface area (Å²) in [6.07, 6.45) is -8.61. The lowest BCUT2D eigenvalue weighted by Gasteiger charge is -2.49. The van der Waals surface area contributed by atoms with E-state index >= 15 is 0 Å². The molecule has 3 fully saturated rings. The molecule has 0 amide bonds. The number of sulfone groups is 1. The summed E-state index contributed by atoms with van der Waals surface area (Å²) in [6.45, 7) is 17.2. The molecule has 0 unspecified atom stereocenters. The summed E-state index contributed by atoms with van der Waals surface area (Å²) in [5, 5.41) is 68.5. The van der Waals surface area contributed by atoms with E-state index in [0.717, 1.165) is 0 Å². The molecule has 3 saturated heterocycles. The van der Waals surface area contributed by atoms with Crippen molar-refractivity contribution in [3.05, 3.63) is 41.7 Å². The molecule has 3 aliphatic heterocycles. The Morgan fingerprint density at radius 3 is 2.22 bits per heavy atom. The maximum absolute atomic E-state index is 14.9. The van der Waals surface area contributed by atoms with Gasteiger partial charge in [-0.05, 0) is 105 Å². The third-order valence-electron chi connectivity index (χ3n) is 16.6. The summed E-state index contributed by atoms with van der Waals surface area (Å²) in [5.74, 6) is -3.14. The van der Waals surface area contributed by atoms with Crippen molar-refractivity contribution in [2.75, 3.05) is 67.5 Å². The van der Waals surface area contributed by atoms with Gasteiger partial charge in [0.2, 0.25) is 0 Å². The van der Waals surface area contributed by atoms with Gasteiger partial charge < -0.3 is 73.2 Å². The molecule has 4 heterocycles. The highest BCUT2D eigenvalue weighted by Gasteiger charge is 2.53. The van der Waals surface area contributed by atoms with Crippen LogP contribution >= 0.6 is 0 Å². The molecule has 21 nitrogen and oxygen atoms in total. The smallest absolute Gasteiger partial charge is 0.311 e. The number of methoxy groups -OCH3 is 3. The summed E-state index contributed by atoms with van der Waals surface area (Å²) >= 11 is 0. The second-order valence-electron chi connectivity index (χ2n) is 22.9. The molecule has 0 bridgehead atoms. The van der Waals surface area contributed by atoms with Crippen molar-refractivity contribution < 1.29 is 81.0 Å². The first kappa shape index (κ1) is 65.0. The lowest BCUT2D eigenvalue weighted by Crippen LogP contribution is -2.61. The number of rotatable bonds is 19. The van der Waals surface area contributed by atoms with Crippen molar-refractivity contribution in [2.24, 2.45) is 17.8 Å². The Balaban J connectivity index is 1.42. The van der Waals surface area contributed by atoms with Gasteiger partial charge in [0, 0.05) is 71.5 Å². The predicted molar refractivity (Wildman–Crippen MR) is 282 cm³/mol. The molecule has 3 aliphatic rings. The lowest BCUT2D eigenvalue weighted by molar-refractivity contribution is -0.318. The van der Waals surface area contributed by atoms with E-state index in [1.54, 1.807) is 66.8 Å². The van der Waals surface area contributed by atoms with Gasteiger partial charge in [0.15, 0.2) is 22.4 Å². The van der Waals surface area contributed by atoms with Crippen LogP contribution in [-0.4, -0.2) is 223 Å². The van der Waals surface area contributed by atoms with Gasteiger partial charge in [0.1, 0.15) is 48.8 Å². The molecule has 0 saturated carbocycles. The van der Waals surface area contributed by atoms with Crippen molar-refractivity contribution >= 4 is 15.8 Å². The molecule has 1 aromatic heterocycles. The Labute approximate surface area is 455 Å². The second kappa shape index (κ2) is 27.3. The fraction of sp³-hybridized carbons (Fsp3) is 0.833. The van der Waals surface area contributed by atoms with Crippen molar-refractivity contribution in [1.29, 1.82) is 0 Å². The maximum Gasteiger partial charge on any atom is 0.311 e. The number of halogens is 1. The molecule has 1 aromatic carbocycles. The number of hydrogen-bond donors (Lipinski definition) is 5. The Morgan fingerprint density at radius 1 is 0.961 bits per heavy atom. The first-order chi connectivity index (χ1) is 36.0. The van der Waals surface area contributed by atoms with Crippen LogP contribution in [0.2, 0.25) is 0 Å². The Kier molecular flexibility index (Phi) is 23.0. The predicted octanol–water partition coefficient (Wildman–Crippen LogP) is 3.42. The largest absolute Gasteiger partial charge is 0.459 e. The van der Waals surface area contributed by atoms with Gasteiger partial charge >= 0.3 is 5.97 Å². The molecule has 2 aromatic rings. The Bertz CT molecular complexity index is 2260. The van der Waals surface area contributed by atoms with E-state index in [2.05, 4.69) is 10.3 Å². The minimum absolute atomic E-state index is 0.0467. The van der Waals surface area contributed by atoms with Crippen LogP contribution in [0.25, 0.3) is 0 Å². The SMILES string of the molecule is CC[C@H]1OC(=O)[C@H](C)[C@@H](O[C@H]2C[C@@](C)(OC)[C@@H](O)[C@H](C)O2)[C@H](C)[C@@H](O[C@@H]2O[C@H](C)C[C@H](N(C)CCc3cn([C@H](CF)[C@H](OC)c4ccc(S(=O)(=O)CCOC)cc4)nn3)[C@H]2O)[C@](C)(O)C[C@@H](C)CN(C)[C@H](C)[C@@H](O)[C@]1(C)O. The van der Waals surface area contributed by atoms with Gasteiger partial charge in [-0.15, -0.1) is 5.10 Å². The standard InChI is InChI=1S/C54H92FN5O16S/c1-16-42-54(10,66)47(62)35(6)59(12)29-31(2)26-52(8,65)49(33(4)45(34(5)50(64)74-42)75-43-27-53(9,71-15)48(63)36(7)73-43)76-51-44(61)40(25-32(3)72-51)58(11)22-21-38-30-60(57-56-38)41(28-55)46(70-14)37-17-19-39(20-18-37)77(67,68)24-23-69-13/h17-20,30-36,40-49,51,61-63,65-66H,16,21-29H2,1-15H3/t31-,32-,33+,34-,35-,36+,40+,41-,42-,43+,44-,45+,46-,47-,48+,49-,51+,52-,53-,54-/m1/s1. The number of ether oxygens (including phenoxy) is 8. The highest BCUT2D eigenvalue weighted by atomic mass is 32.2. The van der Waals surface area contributed by atoms with Crippen LogP contribution in [0.3, 0.4) is 0 Å². The van der Waals surface area contributed by atoms with Gasteiger partial charge in [0.05, 0.1) is 64.5 Å². The molecule has 20 atom stereocenters. The van der Waals surface area contributed by atoms with E-state index in [4.69, 9.17) is 37.9 Å². The average molecular weight is 1120 g/mol. The Hall–Kier alpha value is -2.85. The van der Waals surface area contributed by atoms with Crippen molar-refractivity contribution in [2.45, 2.75) is 209 Å².